The first kappa shape index (κ1) is 18.0. The molecule has 2 unspecified atom stereocenters. The van der Waals surface area contributed by atoms with Crippen molar-refractivity contribution in [1.29, 1.82) is 0 Å². The standard InChI is InChI=1S/C18H38N2/c1-7-18(6,20-14-10-9-11-15-20)16(19-8-2)12-13-17(3,4)5/h16,19H,7-15H2,1-6H3. The summed E-state index contributed by atoms with van der Waals surface area (Å²) in [6, 6.07) is 0.620. The number of likely N-dealkylation sites (N-methyl/N-ethyl adjacent to an activating group) is 1. The minimum absolute atomic E-state index is 0.321. The zero-order chi connectivity index (χ0) is 15.2. The predicted octanol–water partition coefficient (Wildman–Crippen LogP) is 4.45. The topological polar surface area (TPSA) is 15.3 Å². The number of rotatable bonds is 7. The van der Waals surface area contributed by atoms with Crippen molar-refractivity contribution in [3.63, 3.8) is 0 Å². The third-order valence-electron chi connectivity index (χ3n) is 5.18. The highest BCUT2D eigenvalue weighted by atomic mass is 15.2. The molecule has 0 aromatic rings. The van der Waals surface area contributed by atoms with E-state index >= 15 is 0 Å². The Balaban J connectivity index is 2.77. The van der Waals surface area contributed by atoms with Crippen molar-refractivity contribution in [2.45, 2.75) is 91.6 Å². The summed E-state index contributed by atoms with van der Waals surface area (Å²) in [5, 5.41) is 3.80. The summed E-state index contributed by atoms with van der Waals surface area (Å²) < 4.78 is 0. The van der Waals surface area contributed by atoms with Crippen LogP contribution in [0.1, 0.15) is 80.1 Å². The molecule has 0 amide bonds. The fraction of sp³-hybridized carbons (Fsp3) is 1.00. The van der Waals surface area contributed by atoms with Crippen LogP contribution in [0.25, 0.3) is 0 Å². The van der Waals surface area contributed by atoms with Crippen molar-refractivity contribution in [3.05, 3.63) is 0 Å². The van der Waals surface area contributed by atoms with Gasteiger partial charge in [0, 0.05) is 11.6 Å². The van der Waals surface area contributed by atoms with Gasteiger partial charge in [0.05, 0.1) is 0 Å². The van der Waals surface area contributed by atoms with Gasteiger partial charge in [-0.3, -0.25) is 4.90 Å². The van der Waals surface area contributed by atoms with Crippen LogP contribution in [-0.2, 0) is 0 Å². The Bertz CT molecular complexity index is 263. The molecule has 0 aliphatic carbocycles. The van der Waals surface area contributed by atoms with Crippen LogP contribution < -0.4 is 5.32 Å². The smallest absolute Gasteiger partial charge is 0.0331 e. The van der Waals surface area contributed by atoms with Crippen LogP contribution in [0.15, 0.2) is 0 Å². The highest BCUT2D eigenvalue weighted by Crippen LogP contribution is 2.32. The molecule has 0 bridgehead atoms. The summed E-state index contributed by atoms with van der Waals surface area (Å²) in [4.78, 5) is 2.77. The van der Waals surface area contributed by atoms with E-state index in [0.29, 0.717) is 17.0 Å². The summed E-state index contributed by atoms with van der Waals surface area (Å²) in [6.07, 6.45) is 8.02. The molecule has 1 fully saturated rings. The molecule has 120 valence electrons. The van der Waals surface area contributed by atoms with Gasteiger partial charge in [0.1, 0.15) is 0 Å². The Morgan fingerprint density at radius 2 is 1.60 bits per heavy atom. The first-order valence-corrected chi connectivity index (χ1v) is 8.82. The molecular formula is C18H38N2. The molecule has 2 nitrogen and oxygen atoms in total. The van der Waals surface area contributed by atoms with Gasteiger partial charge in [-0.25, -0.2) is 0 Å². The summed E-state index contributed by atoms with van der Waals surface area (Å²) in [6.45, 7) is 17.9. The third-order valence-corrected chi connectivity index (χ3v) is 5.18. The minimum Gasteiger partial charge on any atom is -0.312 e. The number of likely N-dealkylation sites (tertiary alicyclic amines) is 1. The summed E-state index contributed by atoms with van der Waals surface area (Å²) >= 11 is 0. The van der Waals surface area contributed by atoms with Crippen molar-refractivity contribution in [3.8, 4) is 0 Å². The molecule has 0 spiro atoms. The number of nitrogens with one attached hydrogen (secondary N) is 1. The van der Waals surface area contributed by atoms with Crippen molar-refractivity contribution >= 4 is 0 Å². The molecule has 20 heavy (non-hydrogen) atoms. The summed E-state index contributed by atoms with van der Waals surface area (Å²) in [7, 11) is 0. The van der Waals surface area contributed by atoms with Crippen molar-refractivity contribution < 1.29 is 0 Å². The van der Waals surface area contributed by atoms with Crippen LogP contribution in [0.4, 0.5) is 0 Å². The molecule has 1 saturated heterocycles. The van der Waals surface area contributed by atoms with E-state index in [9.17, 15) is 0 Å². The maximum atomic E-state index is 3.80. The van der Waals surface area contributed by atoms with Crippen LogP contribution in [0.2, 0.25) is 0 Å². The molecule has 0 radical (unpaired) electrons. The average molecular weight is 283 g/mol. The molecule has 1 aliphatic heterocycles. The molecule has 2 heteroatoms. The second-order valence-electron chi connectivity index (χ2n) is 7.97. The summed E-state index contributed by atoms with van der Waals surface area (Å²) in [5.41, 5.74) is 0.756. The van der Waals surface area contributed by atoms with Crippen molar-refractivity contribution in [1.82, 2.24) is 10.2 Å². The van der Waals surface area contributed by atoms with E-state index in [1.807, 2.05) is 0 Å². The first-order chi connectivity index (χ1) is 9.33. The van der Waals surface area contributed by atoms with E-state index in [1.54, 1.807) is 0 Å². The zero-order valence-corrected chi connectivity index (χ0v) is 14.9. The molecule has 2 atom stereocenters. The van der Waals surface area contributed by atoms with Crippen LogP contribution in [-0.4, -0.2) is 36.1 Å². The first-order valence-electron chi connectivity index (χ1n) is 8.82. The molecule has 1 heterocycles. The molecule has 0 aromatic carbocycles. The van der Waals surface area contributed by atoms with Gasteiger partial charge in [0.25, 0.3) is 0 Å². The van der Waals surface area contributed by atoms with Crippen LogP contribution in [0.3, 0.4) is 0 Å². The lowest BCUT2D eigenvalue weighted by Crippen LogP contribution is -2.60. The number of piperidine rings is 1. The fourth-order valence-electron chi connectivity index (χ4n) is 3.55. The van der Waals surface area contributed by atoms with Gasteiger partial charge >= 0.3 is 0 Å². The SMILES string of the molecule is CCNC(CCC(C)(C)C)C(C)(CC)N1CCCCC1. The zero-order valence-electron chi connectivity index (χ0n) is 14.9. The van der Waals surface area contributed by atoms with E-state index in [-0.39, 0.29) is 0 Å². The lowest BCUT2D eigenvalue weighted by atomic mass is 9.79. The maximum Gasteiger partial charge on any atom is 0.0331 e. The van der Waals surface area contributed by atoms with E-state index in [0.717, 1.165) is 6.54 Å². The predicted molar refractivity (Wildman–Crippen MR) is 90.3 cm³/mol. The van der Waals surface area contributed by atoms with Gasteiger partial charge in [0.15, 0.2) is 0 Å². The van der Waals surface area contributed by atoms with Gasteiger partial charge in [-0.1, -0.05) is 41.0 Å². The molecular weight excluding hydrogens is 244 g/mol. The van der Waals surface area contributed by atoms with Gasteiger partial charge in [0.2, 0.25) is 0 Å². The molecule has 0 saturated carbocycles. The minimum atomic E-state index is 0.321. The van der Waals surface area contributed by atoms with E-state index in [2.05, 4.69) is 51.8 Å². The fourth-order valence-corrected chi connectivity index (χ4v) is 3.55. The second-order valence-corrected chi connectivity index (χ2v) is 7.97. The molecule has 0 aromatic heterocycles. The van der Waals surface area contributed by atoms with Gasteiger partial charge in [-0.05, 0) is 64.1 Å². The number of hydrogen-bond donors (Lipinski definition) is 1. The lowest BCUT2D eigenvalue weighted by Gasteiger charge is -2.49. The Labute approximate surface area is 127 Å². The third kappa shape index (κ3) is 5.04. The van der Waals surface area contributed by atoms with Crippen molar-refractivity contribution in [2.24, 2.45) is 5.41 Å². The molecule has 1 rings (SSSR count). The maximum absolute atomic E-state index is 3.80. The van der Waals surface area contributed by atoms with Gasteiger partial charge in [-0.2, -0.15) is 0 Å². The van der Waals surface area contributed by atoms with Crippen LogP contribution in [0.5, 0.6) is 0 Å². The van der Waals surface area contributed by atoms with Crippen molar-refractivity contribution in [2.75, 3.05) is 19.6 Å². The monoisotopic (exact) mass is 282 g/mol. The Morgan fingerprint density at radius 1 is 1.00 bits per heavy atom. The molecule has 1 N–H and O–H groups in total. The number of nitrogens with zero attached hydrogens (tertiary/aromatic N) is 1. The highest BCUT2D eigenvalue weighted by molar-refractivity contribution is 4.97. The molecule has 1 aliphatic rings. The summed E-state index contributed by atoms with van der Waals surface area (Å²) in [5.74, 6) is 0. The quantitative estimate of drug-likeness (QED) is 0.742. The Kier molecular flexibility index (Phi) is 7.00. The van der Waals surface area contributed by atoms with E-state index in [4.69, 9.17) is 0 Å². The highest BCUT2D eigenvalue weighted by Gasteiger charge is 2.38. The van der Waals surface area contributed by atoms with Crippen LogP contribution in [0, 0.1) is 5.41 Å². The second kappa shape index (κ2) is 7.79. The largest absolute Gasteiger partial charge is 0.312 e. The van der Waals surface area contributed by atoms with E-state index < -0.39 is 0 Å². The van der Waals surface area contributed by atoms with E-state index in [1.165, 1.54) is 51.6 Å². The Morgan fingerprint density at radius 3 is 2.05 bits per heavy atom. The normalized spacial score (nSPS) is 22.5. The Hall–Kier alpha value is -0.0800. The number of hydrogen-bond acceptors (Lipinski definition) is 2. The lowest BCUT2D eigenvalue weighted by molar-refractivity contribution is 0.0372. The average Bonchev–Trinajstić information content (AvgIpc) is 2.42. The van der Waals surface area contributed by atoms with Gasteiger partial charge < -0.3 is 5.32 Å². The van der Waals surface area contributed by atoms with Gasteiger partial charge in [-0.15, -0.1) is 0 Å². The van der Waals surface area contributed by atoms with Crippen LogP contribution >= 0.6 is 0 Å².